The highest BCUT2D eigenvalue weighted by atomic mass is 32.2. The van der Waals surface area contributed by atoms with Crippen LogP contribution in [0.15, 0.2) is 18.3 Å². The van der Waals surface area contributed by atoms with Crippen LogP contribution in [-0.2, 0) is 9.59 Å². The SMILES string of the molecule is CC(=O)N1CSC[C@@H]1C(=O)N1CCCN(c2cccnn2)CC1. The minimum Gasteiger partial charge on any atom is -0.353 e. The molecule has 0 aromatic carbocycles. The molecule has 0 saturated carbocycles. The standard InChI is InChI=1S/C15H21N5O2S/c1-12(21)20-11-23-10-13(20)15(22)19-7-3-6-18(8-9-19)14-4-2-5-16-17-14/h2,4-5,13H,3,6-11H2,1H3/t13-/m1/s1. The first-order chi connectivity index (χ1) is 11.2. The first-order valence-corrected chi connectivity index (χ1v) is 8.98. The zero-order valence-corrected chi connectivity index (χ0v) is 14.0. The average molecular weight is 335 g/mol. The van der Waals surface area contributed by atoms with Gasteiger partial charge in [-0.2, -0.15) is 5.10 Å². The zero-order chi connectivity index (χ0) is 16.2. The van der Waals surface area contributed by atoms with Gasteiger partial charge in [0.15, 0.2) is 5.82 Å². The van der Waals surface area contributed by atoms with E-state index in [1.165, 1.54) is 6.92 Å². The summed E-state index contributed by atoms with van der Waals surface area (Å²) < 4.78 is 0. The van der Waals surface area contributed by atoms with Crippen LogP contribution in [0.5, 0.6) is 0 Å². The Hall–Kier alpha value is -1.83. The van der Waals surface area contributed by atoms with Crippen LogP contribution >= 0.6 is 11.8 Å². The van der Waals surface area contributed by atoms with Crippen LogP contribution in [0.2, 0.25) is 0 Å². The first-order valence-electron chi connectivity index (χ1n) is 7.83. The molecule has 0 spiro atoms. The molecule has 0 aliphatic carbocycles. The molecule has 2 fully saturated rings. The van der Waals surface area contributed by atoms with Gasteiger partial charge in [-0.15, -0.1) is 16.9 Å². The number of amides is 2. The largest absolute Gasteiger partial charge is 0.353 e. The monoisotopic (exact) mass is 335 g/mol. The lowest BCUT2D eigenvalue weighted by Gasteiger charge is -2.28. The maximum absolute atomic E-state index is 12.8. The minimum atomic E-state index is -0.305. The van der Waals surface area contributed by atoms with Gasteiger partial charge in [-0.25, -0.2) is 0 Å². The molecule has 1 aromatic rings. The van der Waals surface area contributed by atoms with Crippen molar-refractivity contribution in [2.24, 2.45) is 0 Å². The summed E-state index contributed by atoms with van der Waals surface area (Å²) in [5, 5.41) is 8.06. The third-order valence-corrected chi connectivity index (χ3v) is 5.27. The van der Waals surface area contributed by atoms with Gasteiger partial charge in [0.05, 0.1) is 5.88 Å². The molecule has 8 heteroatoms. The van der Waals surface area contributed by atoms with Crippen molar-refractivity contribution in [2.75, 3.05) is 42.7 Å². The maximum atomic E-state index is 12.8. The van der Waals surface area contributed by atoms with E-state index in [-0.39, 0.29) is 17.9 Å². The molecule has 0 N–H and O–H groups in total. The predicted octanol–water partition coefficient (Wildman–Crippen LogP) is 0.437. The number of aromatic nitrogens is 2. The maximum Gasteiger partial charge on any atom is 0.246 e. The fraction of sp³-hybridized carbons (Fsp3) is 0.600. The topological polar surface area (TPSA) is 69.6 Å². The molecule has 0 bridgehead atoms. The van der Waals surface area contributed by atoms with E-state index < -0.39 is 0 Å². The van der Waals surface area contributed by atoms with Gasteiger partial charge in [-0.05, 0) is 18.6 Å². The van der Waals surface area contributed by atoms with E-state index in [9.17, 15) is 9.59 Å². The van der Waals surface area contributed by atoms with Gasteiger partial charge < -0.3 is 14.7 Å². The van der Waals surface area contributed by atoms with Crippen LogP contribution < -0.4 is 4.90 Å². The van der Waals surface area contributed by atoms with Gasteiger partial charge in [0, 0.05) is 45.1 Å². The van der Waals surface area contributed by atoms with E-state index in [4.69, 9.17) is 0 Å². The molecule has 1 atom stereocenters. The number of anilines is 1. The number of hydrogen-bond acceptors (Lipinski definition) is 6. The molecule has 3 heterocycles. The summed E-state index contributed by atoms with van der Waals surface area (Å²) in [4.78, 5) is 30.2. The van der Waals surface area contributed by atoms with Crippen molar-refractivity contribution in [2.45, 2.75) is 19.4 Å². The second kappa shape index (κ2) is 7.16. The Morgan fingerprint density at radius 1 is 1.26 bits per heavy atom. The molecule has 124 valence electrons. The van der Waals surface area contributed by atoms with Crippen molar-refractivity contribution in [3.63, 3.8) is 0 Å². The van der Waals surface area contributed by atoms with Crippen LogP contribution in [0.1, 0.15) is 13.3 Å². The lowest BCUT2D eigenvalue weighted by atomic mass is 10.2. The van der Waals surface area contributed by atoms with E-state index in [2.05, 4.69) is 15.1 Å². The predicted molar refractivity (Wildman–Crippen MR) is 89.1 cm³/mol. The zero-order valence-electron chi connectivity index (χ0n) is 13.2. The van der Waals surface area contributed by atoms with E-state index >= 15 is 0 Å². The number of carbonyl (C=O) groups excluding carboxylic acids is 2. The van der Waals surface area contributed by atoms with E-state index in [1.54, 1.807) is 22.9 Å². The molecule has 0 unspecified atom stereocenters. The van der Waals surface area contributed by atoms with Crippen molar-refractivity contribution in [1.82, 2.24) is 20.0 Å². The third-order valence-electron chi connectivity index (χ3n) is 4.26. The fourth-order valence-electron chi connectivity index (χ4n) is 3.00. The van der Waals surface area contributed by atoms with Gasteiger partial charge in [-0.3, -0.25) is 9.59 Å². The smallest absolute Gasteiger partial charge is 0.246 e. The fourth-order valence-corrected chi connectivity index (χ4v) is 4.21. The minimum absolute atomic E-state index is 0.0237. The molecule has 1 aromatic heterocycles. The number of carbonyl (C=O) groups is 2. The van der Waals surface area contributed by atoms with Crippen LogP contribution in [0.4, 0.5) is 5.82 Å². The number of thioether (sulfide) groups is 1. The lowest BCUT2D eigenvalue weighted by molar-refractivity contribution is -0.142. The summed E-state index contributed by atoms with van der Waals surface area (Å²) in [7, 11) is 0. The second-order valence-corrected chi connectivity index (χ2v) is 6.75. The number of nitrogens with zero attached hydrogens (tertiary/aromatic N) is 5. The summed E-state index contributed by atoms with van der Waals surface area (Å²) in [5.74, 6) is 2.22. The summed E-state index contributed by atoms with van der Waals surface area (Å²) in [6, 6.07) is 3.51. The Kier molecular flexibility index (Phi) is 5.00. The van der Waals surface area contributed by atoms with Gasteiger partial charge in [0.2, 0.25) is 11.8 Å². The number of hydrogen-bond donors (Lipinski definition) is 0. The van der Waals surface area contributed by atoms with Crippen molar-refractivity contribution in [3.05, 3.63) is 18.3 Å². The second-order valence-electron chi connectivity index (χ2n) is 5.75. The highest BCUT2D eigenvalue weighted by Crippen LogP contribution is 2.23. The molecule has 3 rings (SSSR count). The molecule has 2 saturated heterocycles. The van der Waals surface area contributed by atoms with Crippen LogP contribution in [0.25, 0.3) is 0 Å². The van der Waals surface area contributed by atoms with Crippen LogP contribution in [0, 0.1) is 0 Å². The van der Waals surface area contributed by atoms with E-state index in [0.29, 0.717) is 18.2 Å². The summed E-state index contributed by atoms with van der Waals surface area (Å²) in [6.07, 6.45) is 2.55. The van der Waals surface area contributed by atoms with Crippen molar-refractivity contribution < 1.29 is 9.59 Å². The molecule has 2 aliphatic heterocycles. The molecule has 0 radical (unpaired) electrons. The molecule has 23 heavy (non-hydrogen) atoms. The summed E-state index contributed by atoms with van der Waals surface area (Å²) in [5.41, 5.74) is 0. The Morgan fingerprint density at radius 2 is 2.13 bits per heavy atom. The lowest BCUT2D eigenvalue weighted by Crippen LogP contribution is -2.49. The van der Waals surface area contributed by atoms with Gasteiger partial charge in [-0.1, -0.05) is 0 Å². The van der Waals surface area contributed by atoms with Crippen molar-refractivity contribution in [3.8, 4) is 0 Å². The van der Waals surface area contributed by atoms with Gasteiger partial charge in [0.25, 0.3) is 0 Å². The molecular weight excluding hydrogens is 314 g/mol. The molecule has 7 nitrogen and oxygen atoms in total. The van der Waals surface area contributed by atoms with Gasteiger partial charge >= 0.3 is 0 Å². The Balaban J connectivity index is 1.64. The summed E-state index contributed by atoms with van der Waals surface area (Å²) in [6.45, 7) is 4.51. The quantitative estimate of drug-likeness (QED) is 0.781. The normalized spacial score (nSPS) is 22.1. The van der Waals surface area contributed by atoms with Crippen LogP contribution in [0.3, 0.4) is 0 Å². The van der Waals surface area contributed by atoms with Crippen molar-refractivity contribution in [1.29, 1.82) is 0 Å². The highest BCUT2D eigenvalue weighted by Gasteiger charge is 2.36. The third kappa shape index (κ3) is 3.57. The molecule has 2 aliphatic rings. The first kappa shape index (κ1) is 16.0. The Labute approximate surface area is 140 Å². The average Bonchev–Trinajstić information content (AvgIpc) is 2.93. The Bertz CT molecular complexity index is 570. The molecule has 2 amide bonds. The highest BCUT2D eigenvalue weighted by molar-refractivity contribution is 7.99. The van der Waals surface area contributed by atoms with E-state index in [0.717, 1.165) is 31.9 Å². The summed E-state index contributed by atoms with van der Waals surface area (Å²) >= 11 is 1.64. The van der Waals surface area contributed by atoms with Crippen molar-refractivity contribution >= 4 is 29.4 Å². The van der Waals surface area contributed by atoms with Crippen LogP contribution in [-0.4, -0.2) is 75.7 Å². The van der Waals surface area contributed by atoms with Gasteiger partial charge in [0.1, 0.15) is 6.04 Å². The number of rotatable bonds is 2. The molecular formula is C15H21N5O2S. The van der Waals surface area contributed by atoms with E-state index in [1.807, 2.05) is 17.0 Å². The Morgan fingerprint density at radius 3 is 2.87 bits per heavy atom.